The lowest BCUT2D eigenvalue weighted by Crippen LogP contribution is -2.42. The van der Waals surface area contributed by atoms with Gasteiger partial charge in [0.2, 0.25) is 0 Å². The lowest BCUT2D eigenvalue weighted by Gasteiger charge is -2.21. The van der Waals surface area contributed by atoms with Gasteiger partial charge in [-0.1, -0.05) is 38.1 Å². The topological polar surface area (TPSA) is 36.4 Å². The van der Waals surface area contributed by atoms with Crippen molar-refractivity contribution in [1.29, 1.82) is 0 Å². The van der Waals surface area contributed by atoms with Gasteiger partial charge in [0.05, 0.1) is 0 Å². The lowest BCUT2D eigenvalue weighted by molar-refractivity contribution is 0.599. The number of benzene rings is 1. The van der Waals surface area contributed by atoms with E-state index in [-0.39, 0.29) is 24.0 Å². The number of nitrogens with zero attached hydrogens (tertiary/aromatic N) is 1. The summed E-state index contributed by atoms with van der Waals surface area (Å²) in [5.41, 5.74) is 3.21. The van der Waals surface area contributed by atoms with Crippen LogP contribution in [-0.2, 0) is 5.41 Å². The van der Waals surface area contributed by atoms with Gasteiger partial charge in [-0.3, -0.25) is 4.99 Å². The summed E-state index contributed by atoms with van der Waals surface area (Å²) in [5.74, 6) is 1.54. The minimum absolute atomic E-state index is 0. The predicted octanol–water partition coefficient (Wildman–Crippen LogP) is 3.47. The van der Waals surface area contributed by atoms with E-state index in [9.17, 15) is 0 Å². The van der Waals surface area contributed by atoms with E-state index in [0.29, 0.717) is 11.3 Å². The maximum atomic E-state index is 4.30. The van der Waals surface area contributed by atoms with Crippen molar-refractivity contribution >= 4 is 29.9 Å². The standard InChI is InChI=1S/C17H27N3.HI/c1-13(2)11-19-16(18-4)20-12-17(9-10-17)15-8-6-5-7-14(15)3;/h5-8,13H,9-12H2,1-4H3,(H2,18,19,20);1H. The molecule has 3 nitrogen and oxygen atoms in total. The molecule has 0 saturated heterocycles. The highest BCUT2D eigenvalue weighted by Gasteiger charge is 2.44. The van der Waals surface area contributed by atoms with Crippen LogP contribution in [0.15, 0.2) is 29.3 Å². The SMILES string of the molecule is CN=C(NCC(C)C)NCC1(c2ccccc2C)CC1.I. The van der Waals surface area contributed by atoms with Crippen LogP contribution in [0.4, 0.5) is 0 Å². The molecule has 2 N–H and O–H groups in total. The number of nitrogens with one attached hydrogen (secondary N) is 2. The summed E-state index contributed by atoms with van der Waals surface area (Å²) in [6.07, 6.45) is 2.54. The van der Waals surface area contributed by atoms with Crippen LogP contribution in [-0.4, -0.2) is 26.1 Å². The van der Waals surface area contributed by atoms with Gasteiger partial charge in [0.25, 0.3) is 0 Å². The van der Waals surface area contributed by atoms with E-state index >= 15 is 0 Å². The van der Waals surface area contributed by atoms with Crippen molar-refractivity contribution in [3.05, 3.63) is 35.4 Å². The summed E-state index contributed by atoms with van der Waals surface area (Å²) in [6.45, 7) is 8.54. The largest absolute Gasteiger partial charge is 0.356 e. The first-order chi connectivity index (χ1) is 9.57. The molecule has 0 radical (unpaired) electrons. The molecule has 0 aliphatic heterocycles. The monoisotopic (exact) mass is 401 g/mol. The summed E-state index contributed by atoms with van der Waals surface area (Å²) in [7, 11) is 1.84. The summed E-state index contributed by atoms with van der Waals surface area (Å²) >= 11 is 0. The number of aliphatic imine (C=N–C) groups is 1. The van der Waals surface area contributed by atoms with Gasteiger partial charge < -0.3 is 10.6 Å². The fourth-order valence-electron chi connectivity index (χ4n) is 2.63. The molecule has 1 aliphatic carbocycles. The highest BCUT2D eigenvalue weighted by atomic mass is 127. The Balaban J connectivity index is 0.00000220. The number of hydrogen-bond acceptors (Lipinski definition) is 1. The van der Waals surface area contributed by atoms with E-state index in [1.807, 2.05) is 7.05 Å². The second kappa shape index (κ2) is 8.01. The van der Waals surface area contributed by atoms with E-state index in [4.69, 9.17) is 0 Å². The average molecular weight is 401 g/mol. The molecule has 1 fully saturated rings. The Morgan fingerprint density at radius 3 is 2.43 bits per heavy atom. The number of aryl methyl sites for hydroxylation is 1. The number of hydrogen-bond donors (Lipinski definition) is 2. The third-order valence-corrected chi connectivity index (χ3v) is 4.07. The van der Waals surface area contributed by atoms with Gasteiger partial charge in [0.15, 0.2) is 5.96 Å². The minimum atomic E-state index is 0. The van der Waals surface area contributed by atoms with E-state index in [2.05, 4.69) is 60.7 Å². The third-order valence-electron chi connectivity index (χ3n) is 4.07. The minimum Gasteiger partial charge on any atom is -0.356 e. The molecular weight excluding hydrogens is 373 g/mol. The molecule has 2 rings (SSSR count). The van der Waals surface area contributed by atoms with Crippen LogP contribution in [0.3, 0.4) is 0 Å². The summed E-state index contributed by atoms with van der Waals surface area (Å²) in [5, 5.41) is 6.87. The molecule has 1 aromatic rings. The Labute approximate surface area is 146 Å². The maximum absolute atomic E-state index is 4.30. The Kier molecular flexibility index (Phi) is 6.97. The van der Waals surface area contributed by atoms with Crippen molar-refractivity contribution in [3.8, 4) is 0 Å². The molecule has 1 aromatic carbocycles. The molecule has 1 aliphatic rings. The van der Waals surface area contributed by atoms with Gasteiger partial charge in [-0.05, 0) is 36.8 Å². The predicted molar refractivity (Wildman–Crippen MR) is 102 cm³/mol. The number of guanidine groups is 1. The summed E-state index contributed by atoms with van der Waals surface area (Å²) < 4.78 is 0. The Hall–Kier alpha value is -0.780. The molecule has 118 valence electrons. The van der Waals surface area contributed by atoms with Gasteiger partial charge in [0.1, 0.15) is 0 Å². The summed E-state index contributed by atoms with van der Waals surface area (Å²) in [6, 6.07) is 8.75. The van der Waals surface area contributed by atoms with Crippen molar-refractivity contribution in [1.82, 2.24) is 10.6 Å². The van der Waals surface area contributed by atoms with Crippen LogP contribution in [0.25, 0.3) is 0 Å². The quantitative estimate of drug-likeness (QED) is 0.451. The van der Waals surface area contributed by atoms with Crippen LogP contribution in [0, 0.1) is 12.8 Å². The molecule has 4 heteroatoms. The van der Waals surface area contributed by atoms with Crippen molar-refractivity contribution in [2.75, 3.05) is 20.1 Å². The van der Waals surface area contributed by atoms with Gasteiger partial charge in [-0.15, -0.1) is 24.0 Å². The molecule has 0 aromatic heterocycles. The number of halogens is 1. The molecule has 0 bridgehead atoms. The highest BCUT2D eigenvalue weighted by molar-refractivity contribution is 14.0. The highest BCUT2D eigenvalue weighted by Crippen LogP contribution is 2.48. The van der Waals surface area contributed by atoms with Gasteiger partial charge in [0, 0.05) is 25.6 Å². The van der Waals surface area contributed by atoms with E-state index < -0.39 is 0 Å². The van der Waals surface area contributed by atoms with Gasteiger partial charge in [-0.25, -0.2) is 0 Å². The molecule has 0 spiro atoms. The Morgan fingerprint density at radius 1 is 1.24 bits per heavy atom. The zero-order valence-corrected chi connectivity index (χ0v) is 15.9. The second-order valence-electron chi connectivity index (χ2n) is 6.30. The van der Waals surface area contributed by atoms with Crippen LogP contribution in [0.5, 0.6) is 0 Å². The first-order valence-corrected chi connectivity index (χ1v) is 7.58. The van der Waals surface area contributed by atoms with E-state index in [1.54, 1.807) is 0 Å². The third kappa shape index (κ3) is 4.87. The van der Waals surface area contributed by atoms with Crippen molar-refractivity contribution in [2.45, 2.75) is 39.0 Å². The maximum Gasteiger partial charge on any atom is 0.191 e. The summed E-state index contributed by atoms with van der Waals surface area (Å²) in [4.78, 5) is 4.30. The van der Waals surface area contributed by atoms with Crippen molar-refractivity contribution < 1.29 is 0 Å². The van der Waals surface area contributed by atoms with Gasteiger partial charge in [-0.2, -0.15) is 0 Å². The average Bonchev–Trinajstić information content (AvgIpc) is 3.20. The first kappa shape index (κ1) is 18.3. The number of rotatable bonds is 5. The van der Waals surface area contributed by atoms with E-state index in [0.717, 1.165) is 19.0 Å². The van der Waals surface area contributed by atoms with E-state index in [1.165, 1.54) is 24.0 Å². The molecule has 0 amide bonds. The normalized spacial score (nSPS) is 16.3. The fraction of sp³-hybridized carbons (Fsp3) is 0.588. The molecule has 21 heavy (non-hydrogen) atoms. The first-order valence-electron chi connectivity index (χ1n) is 7.58. The zero-order valence-electron chi connectivity index (χ0n) is 13.6. The Morgan fingerprint density at radius 2 is 1.90 bits per heavy atom. The van der Waals surface area contributed by atoms with Gasteiger partial charge >= 0.3 is 0 Å². The Bertz CT molecular complexity index is 479. The van der Waals surface area contributed by atoms with Crippen molar-refractivity contribution in [2.24, 2.45) is 10.9 Å². The molecule has 1 saturated carbocycles. The zero-order chi connectivity index (χ0) is 14.6. The smallest absolute Gasteiger partial charge is 0.191 e. The van der Waals surface area contributed by atoms with Crippen molar-refractivity contribution in [3.63, 3.8) is 0 Å². The van der Waals surface area contributed by atoms with Crippen LogP contribution in [0.2, 0.25) is 0 Å². The van der Waals surface area contributed by atoms with Crippen LogP contribution in [0.1, 0.15) is 37.8 Å². The second-order valence-corrected chi connectivity index (χ2v) is 6.30. The molecule has 0 unspecified atom stereocenters. The molecule has 0 heterocycles. The van der Waals surface area contributed by atoms with Crippen LogP contribution < -0.4 is 10.6 Å². The lowest BCUT2D eigenvalue weighted by atomic mass is 9.92. The molecule has 0 atom stereocenters. The fourth-order valence-corrected chi connectivity index (χ4v) is 2.63. The molecular formula is C17H28IN3. The van der Waals surface area contributed by atoms with Crippen LogP contribution >= 0.6 is 24.0 Å².